The molecule has 2 aromatic rings. The van der Waals surface area contributed by atoms with Gasteiger partial charge < -0.3 is 26.0 Å². The van der Waals surface area contributed by atoms with Gasteiger partial charge in [0.2, 0.25) is 5.95 Å². The van der Waals surface area contributed by atoms with E-state index in [4.69, 9.17) is 26.0 Å². The minimum Gasteiger partial charge on any atom is -0.491 e. The molecule has 2 rings (SSSR count). The highest BCUT2D eigenvalue weighted by molar-refractivity contribution is 5.53. The fraction of sp³-hybridized carbons (Fsp3) is 0.474. The number of hydrogen-bond acceptors (Lipinski definition) is 7. The van der Waals surface area contributed by atoms with Crippen LogP contribution < -0.4 is 20.9 Å². The summed E-state index contributed by atoms with van der Waals surface area (Å²) < 4.78 is 11.6. The maximum Gasteiger partial charge on any atom is 0.222 e. The number of aliphatic hydroxyl groups is 1. The Morgan fingerprint density at radius 3 is 2.35 bits per heavy atom. The fourth-order valence-corrected chi connectivity index (χ4v) is 2.32. The Bertz CT molecular complexity index is 705. The van der Waals surface area contributed by atoms with Crippen molar-refractivity contribution in [3.8, 4) is 17.2 Å². The molecule has 0 aliphatic heterocycles. The number of aromatic nitrogens is 2. The minimum absolute atomic E-state index is 0.0300. The molecule has 0 atom stereocenters. The molecule has 0 saturated heterocycles. The Morgan fingerprint density at radius 2 is 1.81 bits per heavy atom. The van der Waals surface area contributed by atoms with Crippen LogP contribution in [0, 0.1) is 0 Å². The number of aliphatic hydroxyl groups excluding tert-OH is 1. The first-order valence-electron chi connectivity index (χ1n) is 8.92. The van der Waals surface area contributed by atoms with Crippen LogP contribution >= 0.6 is 0 Å². The van der Waals surface area contributed by atoms with E-state index in [0.29, 0.717) is 11.5 Å². The van der Waals surface area contributed by atoms with Gasteiger partial charge in [-0.15, -0.1) is 0 Å². The van der Waals surface area contributed by atoms with Gasteiger partial charge in [-0.25, -0.2) is 4.98 Å². The third-order valence-electron chi connectivity index (χ3n) is 3.57. The molecule has 1 aromatic heterocycles. The predicted molar refractivity (Wildman–Crippen MR) is 105 cm³/mol. The lowest BCUT2D eigenvalue weighted by atomic mass is 9.98. The largest absolute Gasteiger partial charge is 0.491 e. The van der Waals surface area contributed by atoms with Crippen molar-refractivity contribution in [1.82, 2.24) is 9.97 Å². The molecule has 26 heavy (non-hydrogen) atoms. The number of anilines is 2. The second kappa shape index (κ2) is 10.5. The first kappa shape index (κ1) is 21.5. The molecule has 1 aromatic carbocycles. The number of ether oxygens (including phenoxy) is 2. The second-order valence-corrected chi connectivity index (χ2v) is 5.66. The number of aryl methyl sites for hydroxylation is 1. The van der Waals surface area contributed by atoms with Gasteiger partial charge in [-0.2, -0.15) is 4.98 Å². The lowest BCUT2D eigenvalue weighted by molar-refractivity contribution is 0.200. The molecule has 5 N–H and O–H groups in total. The maximum atomic E-state index is 8.98. The summed E-state index contributed by atoms with van der Waals surface area (Å²) in [4.78, 5) is 7.83. The summed E-state index contributed by atoms with van der Waals surface area (Å²) in [6, 6.07) is 3.88. The van der Waals surface area contributed by atoms with E-state index in [2.05, 4.69) is 23.8 Å². The lowest BCUT2D eigenvalue weighted by Gasteiger charge is -2.19. The third-order valence-corrected chi connectivity index (χ3v) is 3.57. The third kappa shape index (κ3) is 5.49. The van der Waals surface area contributed by atoms with Gasteiger partial charge >= 0.3 is 0 Å². The molecule has 7 nitrogen and oxygen atoms in total. The Labute approximate surface area is 155 Å². The van der Waals surface area contributed by atoms with E-state index in [9.17, 15) is 0 Å². The number of benzene rings is 1. The molecule has 0 fully saturated rings. The van der Waals surface area contributed by atoms with Gasteiger partial charge in [0.1, 0.15) is 18.1 Å². The molecule has 0 radical (unpaired) electrons. The first-order valence-corrected chi connectivity index (χ1v) is 8.92. The van der Waals surface area contributed by atoms with Crippen molar-refractivity contribution in [3.05, 3.63) is 29.5 Å². The van der Waals surface area contributed by atoms with Crippen LogP contribution in [-0.2, 0) is 6.42 Å². The number of nitrogens with two attached hydrogens (primary N) is 2. The van der Waals surface area contributed by atoms with Crippen LogP contribution in [0.1, 0.15) is 51.7 Å². The first-order chi connectivity index (χ1) is 12.5. The van der Waals surface area contributed by atoms with Gasteiger partial charge in [0.05, 0.1) is 12.8 Å². The monoisotopic (exact) mass is 362 g/mol. The topological polar surface area (TPSA) is 117 Å². The summed E-state index contributed by atoms with van der Waals surface area (Å²) in [5, 5.41) is 8.98. The summed E-state index contributed by atoms with van der Waals surface area (Å²) in [6.45, 7) is 10.4. The molecule has 144 valence electrons. The second-order valence-electron chi connectivity index (χ2n) is 5.66. The van der Waals surface area contributed by atoms with Crippen LogP contribution in [0.15, 0.2) is 18.3 Å². The van der Waals surface area contributed by atoms with Gasteiger partial charge in [-0.05, 0) is 30.0 Å². The summed E-state index contributed by atoms with van der Waals surface area (Å²) in [7, 11) is 0. The van der Waals surface area contributed by atoms with E-state index in [0.717, 1.165) is 23.3 Å². The van der Waals surface area contributed by atoms with E-state index in [1.165, 1.54) is 6.20 Å². The van der Waals surface area contributed by atoms with Crippen molar-refractivity contribution in [2.45, 2.75) is 47.0 Å². The lowest BCUT2D eigenvalue weighted by Crippen LogP contribution is -2.06. The van der Waals surface area contributed by atoms with Crippen molar-refractivity contribution in [2.75, 3.05) is 24.7 Å². The molecule has 7 heteroatoms. The highest BCUT2D eigenvalue weighted by atomic mass is 16.5. The van der Waals surface area contributed by atoms with E-state index in [-0.39, 0.29) is 30.9 Å². The quantitative estimate of drug-likeness (QED) is 0.690. The average molecular weight is 362 g/mol. The van der Waals surface area contributed by atoms with Crippen LogP contribution in [0.4, 0.5) is 11.8 Å². The van der Waals surface area contributed by atoms with Crippen molar-refractivity contribution < 1.29 is 14.6 Å². The number of rotatable bonds is 7. The van der Waals surface area contributed by atoms with Crippen LogP contribution in [0.2, 0.25) is 0 Å². The van der Waals surface area contributed by atoms with Gasteiger partial charge in [0.25, 0.3) is 0 Å². The Kier molecular flexibility index (Phi) is 8.64. The highest BCUT2D eigenvalue weighted by Crippen LogP contribution is 2.37. The molecular weight excluding hydrogens is 332 g/mol. The molecule has 0 spiro atoms. The highest BCUT2D eigenvalue weighted by Gasteiger charge is 2.16. The van der Waals surface area contributed by atoms with E-state index in [1.54, 1.807) is 0 Å². The number of nitrogen functional groups attached to an aromatic ring is 2. The van der Waals surface area contributed by atoms with E-state index < -0.39 is 0 Å². The van der Waals surface area contributed by atoms with Crippen LogP contribution in [0.5, 0.6) is 17.2 Å². The zero-order valence-electron chi connectivity index (χ0n) is 16.2. The molecule has 0 saturated carbocycles. The molecule has 0 aliphatic carbocycles. The SMILES string of the molecule is CC.CCc1cc(Oc2cnc(N)nc2N)c(C(C)C)cc1OCCO. The van der Waals surface area contributed by atoms with Crippen molar-refractivity contribution in [3.63, 3.8) is 0 Å². The minimum atomic E-state index is -0.0300. The van der Waals surface area contributed by atoms with Gasteiger partial charge in [0.15, 0.2) is 11.6 Å². The number of nitrogens with zero attached hydrogens (tertiary/aromatic N) is 2. The van der Waals surface area contributed by atoms with E-state index >= 15 is 0 Å². The molecule has 0 amide bonds. The van der Waals surface area contributed by atoms with Crippen LogP contribution in [0.3, 0.4) is 0 Å². The Balaban J connectivity index is 0.00000163. The van der Waals surface area contributed by atoms with Crippen molar-refractivity contribution in [1.29, 1.82) is 0 Å². The fourth-order valence-electron chi connectivity index (χ4n) is 2.32. The Morgan fingerprint density at radius 1 is 1.12 bits per heavy atom. The molecular formula is C19H30N4O3. The molecule has 0 bridgehead atoms. The summed E-state index contributed by atoms with van der Waals surface area (Å²) in [5.41, 5.74) is 13.3. The standard InChI is InChI=1S/C17H24N4O3.C2H6/c1-4-11-7-14(24-15-9-20-17(19)21-16(15)18)12(10(2)3)8-13(11)23-6-5-22;1-2/h7-10,22H,4-6H2,1-3H3,(H4,18,19,20,21);1-2H3. The molecule has 1 heterocycles. The van der Waals surface area contributed by atoms with Crippen molar-refractivity contribution in [2.24, 2.45) is 0 Å². The van der Waals surface area contributed by atoms with Gasteiger partial charge in [0, 0.05) is 5.56 Å². The zero-order chi connectivity index (χ0) is 19.7. The smallest absolute Gasteiger partial charge is 0.222 e. The van der Waals surface area contributed by atoms with Crippen LogP contribution in [0.25, 0.3) is 0 Å². The summed E-state index contributed by atoms with van der Waals surface area (Å²) in [5.74, 6) is 2.29. The predicted octanol–water partition coefficient (Wildman–Crippen LogP) is 3.52. The number of hydrogen-bond donors (Lipinski definition) is 3. The van der Waals surface area contributed by atoms with Gasteiger partial charge in [-0.1, -0.05) is 34.6 Å². The molecule has 0 unspecified atom stereocenters. The van der Waals surface area contributed by atoms with Crippen molar-refractivity contribution >= 4 is 11.8 Å². The summed E-state index contributed by atoms with van der Waals surface area (Å²) >= 11 is 0. The zero-order valence-corrected chi connectivity index (χ0v) is 16.2. The maximum absolute atomic E-state index is 8.98. The van der Waals surface area contributed by atoms with Gasteiger partial charge in [-0.3, -0.25) is 0 Å². The Hall–Kier alpha value is -2.54. The summed E-state index contributed by atoms with van der Waals surface area (Å²) in [6.07, 6.45) is 2.23. The van der Waals surface area contributed by atoms with Crippen LogP contribution in [-0.4, -0.2) is 28.3 Å². The van der Waals surface area contributed by atoms with E-state index in [1.807, 2.05) is 32.9 Å². The molecule has 0 aliphatic rings. The normalized spacial score (nSPS) is 10.3. The average Bonchev–Trinajstić information content (AvgIpc) is 2.63.